The van der Waals surface area contributed by atoms with Gasteiger partial charge in [0.2, 0.25) is 5.91 Å². The maximum atomic E-state index is 11.4. The van der Waals surface area contributed by atoms with Crippen LogP contribution in [0.5, 0.6) is 0 Å². The fourth-order valence-corrected chi connectivity index (χ4v) is 2.95. The molecular formula is C14H29N3O. The topological polar surface area (TPSA) is 58.4 Å². The summed E-state index contributed by atoms with van der Waals surface area (Å²) in [7, 11) is 0. The van der Waals surface area contributed by atoms with Gasteiger partial charge >= 0.3 is 0 Å². The Balaban J connectivity index is 2.48. The van der Waals surface area contributed by atoms with E-state index in [1.807, 2.05) is 13.8 Å². The largest absolute Gasteiger partial charge is 0.368 e. The van der Waals surface area contributed by atoms with Gasteiger partial charge in [0.15, 0.2) is 0 Å². The van der Waals surface area contributed by atoms with E-state index in [0.717, 1.165) is 13.0 Å². The summed E-state index contributed by atoms with van der Waals surface area (Å²) < 4.78 is 0. The van der Waals surface area contributed by atoms with E-state index < -0.39 is 0 Å². The Hall–Kier alpha value is -0.610. The second-order valence-electron chi connectivity index (χ2n) is 5.79. The highest BCUT2D eigenvalue weighted by Crippen LogP contribution is 2.26. The van der Waals surface area contributed by atoms with Gasteiger partial charge in [-0.1, -0.05) is 20.8 Å². The van der Waals surface area contributed by atoms with Gasteiger partial charge in [-0.15, -0.1) is 0 Å². The Kier molecular flexibility index (Phi) is 6.09. The van der Waals surface area contributed by atoms with Gasteiger partial charge < -0.3 is 11.1 Å². The monoisotopic (exact) mass is 255 g/mol. The molecule has 1 aliphatic rings. The fraction of sp³-hybridized carbons (Fsp3) is 0.929. The highest BCUT2D eigenvalue weighted by molar-refractivity contribution is 5.79. The minimum absolute atomic E-state index is 0.199. The molecule has 106 valence electrons. The van der Waals surface area contributed by atoms with Crippen molar-refractivity contribution in [3.05, 3.63) is 0 Å². The summed E-state index contributed by atoms with van der Waals surface area (Å²) in [6, 6.07) is 1.42. The number of nitrogens with zero attached hydrogens (tertiary/aromatic N) is 1. The molecule has 1 aliphatic heterocycles. The standard InChI is InChI=1S/C14H29N3O/c1-5-12-7-6-11(4)17(12)9-8-13(14(15)18)16-10(2)3/h10-13,16H,5-9H2,1-4H3,(H2,15,18). The Labute approximate surface area is 111 Å². The maximum Gasteiger partial charge on any atom is 0.234 e. The Bertz CT molecular complexity index is 268. The summed E-state index contributed by atoms with van der Waals surface area (Å²) in [5.74, 6) is -0.233. The predicted octanol–water partition coefficient (Wildman–Crippen LogP) is 1.49. The zero-order chi connectivity index (χ0) is 13.7. The van der Waals surface area contributed by atoms with Crippen LogP contribution in [0.15, 0.2) is 0 Å². The van der Waals surface area contributed by atoms with Crippen LogP contribution in [0.3, 0.4) is 0 Å². The number of amides is 1. The number of primary amides is 1. The third-order valence-electron chi connectivity index (χ3n) is 3.98. The number of carbonyl (C=O) groups excluding carboxylic acids is 1. The molecule has 0 spiro atoms. The Morgan fingerprint density at radius 2 is 2.11 bits per heavy atom. The number of hydrogen-bond acceptors (Lipinski definition) is 3. The number of likely N-dealkylation sites (tertiary alicyclic amines) is 1. The van der Waals surface area contributed by atoms with Crippen molar-refractivity contribution in [3.8, 4) is 0 Å². The van der Waals surface area contributed by atoms with Gasteiger partial charge in [0.1, 0.15) is 0 Å². The van der Waals surface area contributed by atoms with Crippen LogP contribution in [-0.2, 0) is 4.79 Å². The second kappa shape index (κ2) is 7.10. The van der Waals surface area contributed by atoms with Gasteiger partial charge in [0.25, 0.3) is 0 Å². The average Bonchev–Trinajstić information content (AvgIpc) is 2.64. The number of nitrogens with two attached hydrogens (primary N) is 1. The van der Waals surface area contributed by atoms with Gasteiger partial charge in [-0.05, 0) is 32.6 Å². The lowest BCUT2D eigenvalue weighted by Gasteiger charge is -2.29. The molecule has 18 heavy (non-hydrogen) atoms. The molecule has 1 heterocycles. The van der Waals surface area contributed by atoms with E-state index in [4.69, 9.17) is 5.73 Å². The van der Waals surface area contributed by atoms with Crippen LogP contribution in [0, 0.1) is 0 Å². The van der Waals surface area contributed by atoms with Crippen LogP contribution >= 0.6 is 0 Å². The van der Waals surface area contributed by atoms with Crippen LogP contribution in [-0.4, -0.2) is 41.5 Å². The maximum absolute atomic E-state index is 11.4. The number of carbonyl (C=O) groups is 1. The van der Waals surface area contributed by atoms with Crippen molar-refractivity contribution in [2.24, 2.45) is 5.73 Å². The molecule has 0 aromatic heterocycles. The molecule has 4 nitrogen and oxygen atoms in total. The average molecular weight is 255 g/mol. The molecule has 0 aromatic rings. The molecular weight excluding hydrogens is 226 g/mol. The molecule has 1 saturated heterocycles. The van der Waals surface area contributed by atoms with E-state index in [0.29, 0.717) is 18.1 Å². The molecule has 0 aromatic carbocycles. The van der Waals surface area contributed by atoms with Crippen LogP contribution < -0.4 is 11.1 Å². The van der Waals surface area contributed by atoms with E-state index in [1.54, 1.807) is 0 Å². The van der Waals surface area contributed by atoms with Gasteiger partial charge in [-0.3, -0.25) is 9.69 Å². The Morgan fingerprint density at radius 3 is 2.61 bits per heavy atom. The molecule has 1 rings (SSSR count). The third-order valence-corrected chi connectivity index (χ3v) is 3.98. The van der Waals surface area contributed by atoms with Gasteiger partial charge in [0.05, 0.1) is 6.04 Å². The van der Waals surface area contributed by atoms with Crippen LogP contribution in [0.25, 0.3) is 0 Å². The lowest BCUT2D eigenvalue weighted by Crippen LogP contribution is -2.47. The normalized spacial score (nSPS) is 26.7. The highest BCUT2D eigenvalue weighted by atomic mass is 16.1. The molecule has 0 aliphatic carbocycles. The first-order valence-electron chi connectivity index (χ1n) is 7.26. The van der Waals surface area contributed by atoms with Crippen molar-refractivity contribution in [1.29, 1.82) is 0 Å². The van der Waals surface area contributed by atoms with E-state index in [2.05, 4.69) is 24.1 Å². The van der Waals surface area contributed by atoms with E-state index in [9.17, 15) is 4.79 Å². The Morgan fingerprint density at radius 1 is 1.44 bits per heavy atom. The van der Waals surface area contributed by atoms with Gasteiger partial charge in [-0.25, -0.2) is 0 Å². The first-order valence-corrected chi connectivity index (χ1v) is 7.26. The minimum atomic E-state index is -0.233. The molecule has 4 heteroatoms. The fourth-order valence-electron chi connectivity index (χ4n) is 2.95. The lowest BCUT2D eigenvalue weighted by atomic mass is 10.1. The molecule has 0 saturated carbocycles. The molecule has 3 atom stereocenters. The summed E-state index contributed by atoms with van der Waals surface area (Å²) in [6.45, 7) is 9.58. The van der Waals surface area contributed by atoms with Crippen LogP contribution in [0.2, 0.25) is 0 Å². The molecule has 0 radical (unpaired) electrons. The van der Waals surface area contributed by atoms with Gasteiger partial charge in [0, 0.05) is 24.7 Å². The summed E-state index contributed by atoms with van der Waals surface area (Å²) in [4.78, 5) is 14.0. The molecule has 0 bridgehead atoms. The third kappa shape index (κ3) is 4.25. The number of nitrogens with one attached hydrogen (secondary N) is 1. The van der Waals surface area contributed by atoms with Crippen molar-refractivity contribution < 1.29 is 4.79 Å². The SMILES string of the molecule is CCC1CCC(C)N1CCC(NC(C)C)C(N)=O. The van der Waals surface area contributed by atoms with Crippen LogP contribution in [0.1, 0.15) is 53.4 Å². The quantitative estimate of drug-likeness (QED) is 0.724. The molecule has 3 unspecified atom stereocenters. The van der Waals surface area contributed by atoms with E-state index >= 15 is 0 Å². The number of hydrogen-bond donors (Lipinski definition) is 2. The van der Waals surface area contributed by atoms with Crippen molar-refractivity contribution in [2.45, 2.75) is 77.5 Å². The summed E-state index contributed by atoms with van der Waals surface area (Å²) >= 11 is 0. The van der Waals surface area contributed by atoms with E-state index in [1.165, 1.54) is 19.3 Å². The zero-order valence-electron chi connectivity index (χ0n) is 12.3. The number of rotatable bonds is 7. The first-order chi connectivity index (χ1) is 8.45. The summed E-state index contributed by atoms with van der Waals surface area (Å²) in [5.41, 5.74) is 5.45. The van der Waals surface area contributed by atoms with E-state index in [-0.39, 0.29) is 11.9 Å². The van der Waals surface area contributed by atoms with Crippen LogP contribution in [0.4, 0.5) is 0 Å². The smallest absolute Gasteiger partial charge is 0.234 e. The van der Waals surface area contributed by atoms with Crippen molar-refractivity contribution in [3.63, 3.8) is 0 Å². The summed E-state index contributed by atoms with van der Waals surface area (Å²) in [5, 5.41) is 3.25. The van der Waals surface area contributed by atoms with Crippen molar-refractivity contribution in [2.75, 3.05) is 6.54 Å². The molecule has 1 fully saturated rings. The van der Waals surface area contributed by atoms with Gasteiger partial charge in [-0.2, -0.15) is 0 Å². The highest BCUT2D eigenvalue weighted by Gasteiger charge is 2.29. The lowest BCUT2D eigenvalue weighted by molar-refractivity contribution is -0.120. The predicted molar refractivity (Wildman–Crippen MR) is 75.4 cm³/mol. The molecule has 3 N–H and O–H groups in total. The van der Waals surface area contributed by atoms with Crippen molar-refractivity contribution in [1.82, 2.24) is 10.2 Å². The molecule has 1 amide bonds. The second-order valence-corrected chi connectivity index (χ2v) is 5.79. The van der Waals surface area contributed by atoms with Crippen molar-refractivity contribution >= 4 is 5.91 Å². The summed E-state index contributed by atoms with van der Waals surface area (Å²) in [6.07, 6.45) is 4.57. The zero-order valence-corrected chi connectivity index (χ0v) is 12.3. The minimum Gasteiger partial charge on any atom is -0.368 e. The first kappa shape index (κ1) is 15.4.